The Morgan fingerprint density at radius 2 is 2.50 bits per heavy atom. The summed E-state index contributed by atoms with van der Waals surface area (Å²) in [5.74, 6) is 0. The van der Waals surface area contributed by atoms with Gasteiger partial charge in [-0.2, -0.15) is 0 Å². The van der Waals surface area contributed by atoms with E-state index < -0.39 is 0 Å². The summed E-state index contributed by atoms with van der Waals surface area (Å²) in [5, 5.41) is 6.83. The monoisotopic (exact) mass is 221 g/mol. The summed E-state index contributed by atoms with van der Waals surface area (Å²) in [6.07, 6.45) is 2.93. The van der Waals surface area contributed by atoms with Crippen molar-refractivity contribution in [1.29, 1.82) is 0 Å². The number of pyridine rings is 1. The first-order valence-electron chi connectivity index (χ1n) is 5.87. The third kappa shape index (κ3) is 3.89. The maximum absolute atomic E-state index is 5.39. The van der Waals surface area contributed by atoms with Gasteiger partial charge < -0.3 is 15.4 Å². The fraction of sp³-hybridized carbons (Fsp3) is 0.583. The average Bonchev–Trinajstić information content (AvgIpc) is 2.37. The smallest absolute Gasteiger partial charge is 0.0620 e. The lowest BCUT2D eigenvalue weighted by Crippen LogP contribution is -2.42. The molecular formula is C12H19N3O. The van der Waals surface area contributed by atoms with Crippen molar-refractivity contribution in [3.8, 4) is 0 Å². The minimum atomic E-state index is 0.505. The van der Waals surface area contributed by atoms with Gasteiger partial charge in [0.1, 0.15) is 0 Å². The van der Waals surface area contributed by atoms with Gasteiger partial charge >= 0.3 is 0 Å². The van der Waals surface area contributed by atoms with Crippen LogP contribution in [0.3, 0.4) is 0 Å². The minimum absolute atomic E-state index is 0.505. The summed E-state index contributed by atoms with van der Waals surface area (Å²) < 4.78 is 5.39. The molecule has 2 rings (SSSR count). The van der Waals surface area contributed by atoms with Crippen LogP contribution < -0.4 is 10.6 Å². The fourth-order valence-corrected chi connectivity index (χ4v) is 1.80. The van der Waals surface area contributed by atoms with Crippen LogP contribution in [0.1, 0.15) is 12.1 Å². The Hall–Kier alpha value is -0.970. The van der Waals surface area contributed by atoms with Crippen molar-refractivity contribution in [3.63, 3.8) is 0 Å². The van der Waals surface area contributed by atoms with Crippen LogP contribution >= 0.6 is 0 Å². The third-order valence-electron chi connectivity index (χ3n) is 2.70. The van der Waals surface area contributed by atoms with Crippen LogP contribution in [0.4, 0.5) is 0 Å². The van der Waals surface area contributed by atoms with Crippen LogP contribution in [0, 0.1) is 0 Å². The highest BCUT2D eigenvalue weighted by atomic mass is 16.5. The zero-order valence-corrected chi connectivity index (χ0v) is 9.48. The quantitative estimate of drug-likeness (QED) is 0.713. The summed E-state index contributed by atoms with van der Waals surface area (Å²) in [5.41, 5.74) is 1.09. The van der Waals surface area contributed by atoms with E-state index in [4.69, 9.17) is 4.74 Å². The van der Waals surface area contributed by atoms with Crippen molar-refractivity contribution in [2.45, 2.75) is 19.0 Å². The molecule has 88 valence electrons. The van der Waals surface area contributed by atoms with E-state index in [1.165, 1.54) is 0 Å². The SMILES string of the molecule is c1ccc(CNCCC2COCCN2)nc1. The predicted octanol–water partition coefficient (Wildman–Crippen LogP) is 0.550. The largest absolute Gasteiger partial charge is 0.379 e. The lowest BCUT2D eigenvalue weighted by atomic mass is 10.2. The number of nitrogens with zero attached hydrogens (tertiary/aromatic N) is 1. The molecule has 1 unspecified atom stereocenters. The van der Waals surface area contributed by atoms with E-state index in [1.54, 1.807) is 0 Å². The Bertz CT molecular complexity index is 286. The van der Waals surface area contributed by atoms with E-state index in [2.05, 4.69) is 15.6 Å². The number of ether oxygens (including phenoxy) is 1. The van der Waals surface area contributed by atoms with Crippen molar-refractivity contribution in [2.75, 3.05) is 26.3 Å². The van der Waals surface area contributed by atoms with E-state index in [9.17, 15) is 0 Å². The molecule has 4 heteroatoms. The molecule has 0 aliphatic carbocycles. The molecule has 16 heavy (non-hydrogen) atoms. The molecule has 2 N–H and O–H groups in total. The molecular weight excluding hydrogens is 202 g/mol. The van der Waals surface area contributed by atoms with Crippen LogP contribution in [0.25, 0.3) is 0 Å². The number of nitrogens with one attached hydrogen (secondary N) is 2. The van der Waals surface area contributed by atoms with Gasteiger partial charge in [-0.05, 0) is 25.1 Å². The van der Waals surface area contributed by atoms with Gasteiger partial charge in [0.05, 0.1) is 18.9 Å². The van der Waals surface area contributed by atoms with Crippen LogP contribution in [-0.2, 0) is 11.3 Å². The Labute approximate surface area is 96.4 Å². The molecule has 4 nitrogen and oxygen atoms in total. The molecule has 0 amide bonds. The zero-order valence-electron chi connectivity index (χ0n) is 9.48. The normalized spacial score (nSPS) is 20.9. The van der Waals surface area contributed by atoms with Gasteiger partial charge in [0.2, 0.25) is 0 Å². The highest BCUT2D eigenvalue weighted by Gasteiger charge is 2.11. The molecule has 0 aromatic carbocycles. The summed E-state index contributed by atoms with van der Waals surface area (Å²) in [4.78, 5) is 4.26. The van der Waals surface area contributed by atoms with Crippen molar-refractivity contribution in [3.05, 3.63) is 30.1 Å². The van der Waals surface area contributed by atoms with Gasteiger partial charge in [-0.15, -0.1) is 0 Å². The highest BCUT2D eigenvalue weighted by Crippen LogP contribution is 1.98. The van der Waals surface area contributed by atoms with Crippen molar-refractivity contribution < 1.29 is 4.74 Å². The highest BCUT2D eigenvalue weighted by molar-refractivity contribution is 5.02. The second-order valence-corrected chi connectivity index (χ2v) is 4.01. The number of hydrogen-bond acceptors (Lipinski definition) is 4. The number of aromatic nitrogens is 1. The Morgan fingerprint density at radius 1 is 1.50 bits per heavy atom. The van der Waals surface area contributed by atoms with Gasteiger partial charge in [0, 0.05) is 25.3 Å². The van der Waals surface area contributed by atoms with Crippen LogP contribution in [0.5, 0.6) is 0 Å². The predicted molar refractivity (Wildman–Crippen MR) is 63.2 cm³/mol. The van der Waals surface area contributed by atoms with Gasteiger partial charge in [0.25, 0.3) is 0 Å². The minimum Gasteiger partial charge on any atom is -0.379 e. The first-order valence-corrected chi connectivity index (χ1v) is 5.87. The van der Waals surface area contributed by atoms with Crippen molar-refractivity contribution in [2.24, 2.45) is 0 Å². The summed E-state index contributed by atoms with van der Waals surface area (Å²) >= 11 is 0. The number of hydrogen-bond donors (Lipinski definition) is 2. The third-order valence-corrected chi connectivity index (χ3v) is 2.70. The van der Waals surface area contributed by atoms with Crippen LogP contribution in [0.2, 0.25) is 0 Å². The average molecular weight is 221 g/mol. The molecule has 1 aromatic rings. The van der Waals surface area contributed by atoms with E-state index in [0.29, 0.717) is 6.04 Å². The molecule has 1 aliphatic rings. The lowest BCUT2D eigenvalue weighted by molar-refractivity contribution is 0.0742. The second-order valence-electron chi connectivity index (χ2n) is 4.01. The second kappa shape index (κ2) is 6.58. The fourth-order valence-electron chi connectivity index (χ4n) is 1.80. The Balaban J connectivity index is 1.58. The van der Waals surface area contributed by atoms with Crippen molar-refractivity contribution >= 4 is 0 Å². The Morgan fingerprint density at radius 3 is 3.25 bits per heavy atom. The maximum Gasteiger partial charge on any atom is 0.0620 e. The van der Waals surface area contributed by atoms with Crippen LogP contribution in [-0.4, -0.2) is 37.3 Å². The molecule has 0 spiro atoms. The molecule has 2 heterocycles. The maximum atomic E-state index is 5.39. The number of morpholine rings is 1. The summed E-state index contributed by atoms with van der Waals surface area (Å²) in [6, 6.07) is 6.49. The van der Waals surface area contributed by atoms with Crippen LogP contribution in [0.15, 0.2) is 24.4 Å². The van der Waals surface area contributed by atoms with Crippen molar-refractivity contribution in [1.82, 2.24) is 15.6 Å². The molecule has 0 radical (unpaired) electrons. The first kappa shape index (κ1) is 11.5. The topological polar surface area (TPSA) is 46.2 Å². The van der Waals surface area contributed by atoms with Gasteiger partial charge in [-0.3, -0.25) is 4.98 Å². The standard InChI is InChI=1S/C12H19N3O/c1-2-5-14-11(3-1)9-13-6-4-12-10-16-8-7-15-12/h1-3,5,12-13,15H,4,6-10H2. The van der Waals surface area contributed by atoms with Gasteiger partial charge in [0.15, 0.2) is 0 Å². The van der Waals surface area contributed by atoms with Gasteiger partial charge in [-0.25, -0.2) is 0 Å². The lowest BCUT2D eigenvalue weighted by Gasteiger charge is -2.23. The molecule has 1 aliphatic heterocycles. The van der Waals surface area contributed by atoms with Gasteiger partial charge in [-0.1, -0.05) is 6.07 Å². The van der Waals surface area contributed by atoms with E-state index in [1.807, 2.05) is 24.4 Å². The first-order chi connectivity index (χ1) is 7.95. The van der Waals surface area contributed by atoms with E-state index in [-0.39, 0.29) is 0 Å². The number of rotatable bonds is 5. The molecule has 0 saturated carbocycles. The molecule has 1 aromatic heterocycles. The molecule has 1 atom stereocenters. The van der Waals surface area contributed by atoms with E-state index in [0.717, 1.165) is 45.0 Å². The summed E-state index contributed by atoms with van der Waals surface area (Å²) in [6.45, 7) is 4.50. The molecule has 1 fully saturated rings. The Kier molecular flexibility index (Phi) is 4.73. The molecule has 0 bridgehead atoms. The molecule has 1 saturated heterocycles. The zero-order chi connectivity index (χ0) is 11.1. The summed E-state index contributed by atoms with van der Waals surface area (Å²) in [7, 11) is 0. The van der Waals surface area contributed by atoms with E-state index >= 15 is 0 Å².